The third-order valence-corrected chi connectivity index (χ3v) is 4.68. The van der Waals surface area contributed by atoms with E-state index < -0.39 is 11.9 Å². The van der Waals surface area contributed by atoms with E-state index in [1.807, 2.05) is 37.4 Å². The number of amides is 1. The van der Waals surface area contributed by atoms with Crippen LogP contribution in [0.15, 0.2) is 24.3 Å². The van der Waals surface area contributed by atoms with Gasteiger partial charge in [-0.15, -0.1) is 0 Å². The van der Waals surface area contributed by atoms with Gasteiger partial charge >= 0.3 is 5.97 Å². The van der Waals surface area contributed by atoms with Crippen LogP contribution in [0.1, 0.15) is 30.4 Å². The minimum absolute atomic E-state index is 0.0348. The lowest BCUT2D eigenvalue weighted by molar-refractivity contribution is -0.141. The number of carbonyl (C=O) groups is 2. The van der Waals surface area contributed by atoms with Gasteiger partial charge in [-0.05, 0) is 17.4 Å². The third kappa shape index (κ3) is 3.15. The summed E-state index contributed by atoms with van der Waals surface area (Å²) >= 11 is 1.65. The zero-order valence-corrected chi connectivity index (χ0v) is 12.5. The number of rotatable bonds is 4. The van der Waals surface area contributed by atoms with E-state index in [1.54, 1.807) is 16.7 Å². The first-order chi connectivity index (χ1) is 9.52. The maximum atomic E-state index is 12.3. The van der Waals surface area contributed by atoms with Gasteiger partial charge in [0.05, 0.1) is 5.92 Å². The van der Waals surface area contributed by atoms with Crippen LogP contribution in [0.25, 0.3) is 0 Å². The molecule has 1 amide bonds. The zero-order valence-electron chi connectivity index (χ0n) is 11.7. The van der Waals surface area contributed by atoms with E-state index in [0.717, 1.165) is 11.1 Å². The van der Waals surface area contributed by atoms with Gasteiger partial charge in [0.1, 0.15) is 0 Å². The van der Waals surface area contributed by atoms with Crippen LogP contribution in [0, 0.1) is 0 Å². The summed E-state index contributed by atoms with van der Waals surface area (Å²) in [5.41, 5.74) is 1.78. The maximum absolute atomic E-state index is 12.3. The summed E-state index contributed by atoms with van der Waals surface area (Å²) in [5.74, 6) is -1.45. The van der Waals surface area contributed by atoms with E-state index in [9.17, 15) is 14.7 Å². The molecular weight excluding hydrogens is 274 g/mol. The standard InChI is InChI=1S/C15H19NO3S/c1-10(20-2)7-14(17)16-8-11-5-3-4-6-12(11)13(9-16)15(18)19/h3-6,10,13H,7-9H2,1-2H3,(H,18,19). The molecule has 1 aromatic carbocycles. The van der Waals surface area contributed by atoms with E-state index >= 15 is 0 Å². The Morgan fingerprint density at radius 2 is 2.15 bits per heavy atom. The second-order valence-corrected chi connectivity index (χ2v) is 6.39. The molecule has 108 valence electrons. The average Bonchev–Trinajstić information content (AvgIpc) is 2.45. The normalized spacial score (nSPS) is 19.3. The van der Waals surface area contributed by atoms with Crippen LogP contribution in [0.5, 0.6) is 0 Å². The number of benzene rings is 1. The first-order valence-corrected chi connectivity index (χ1v) is 7.93. The molecule has 20 heavy (non-hydrogen) atoms. The van der Waals surface area contributed by atoms with E-state index in [4.69, 9.17) is 0 Å². The van der Waals surface area contributed by atoms with Crippen molar-refractivity contribution in [2.24, 2.45) is 0 Å². The fourth-order valence-electron chi connectivity index (χ4n) is 2.47. The number of aliphatic carboxylic acids is 1. The summed E-state index contributed by atoms with van der Waals surface area (Å²) in [7, 11) is 0. The second kappa shape index (κ2) is 6.31. The molecule has 0 fully saturated rings. The van der Waals surface area contributed by atoms with Gasteiger partial charge in [0.25, 0.3) is 0 Å². The molecule has 0 saturated heterocycles. The van der Waals surface area contributed by atoms with Crippen LogP contribution in [-0.2, 0) is 16.1 Å². The molecule has 0 bridgehead atoms. The van der Waals surface area contributed by atoms with Crippen molar-refractivity contribution >= 4 is 23.6 Å². The summed E-state index contributed by atoms with van der Waals surface area (Å²) in [6.07, 6.45) is 2.43. The quantitative estimate of drug-likeness (QED) is 0.925. The number of carboxylic acids is 1. The molecule has 1 heterocycles. The van der Waals surface area contributed by atoms with Crippen molar-refractivity contribution < 1.29 is 14.7 Å². The van der Waals surface area contributed by atoms with Gasteiger partial charge in [-0.25, -0.2) is 0 Å². The molecule has 1 aromatic rings. The zero-order chi connectivity index (χ0) is 14.7. The predicted octanol–water partition coefficient (Wildman–Crippen LogP) is 2.34. The van der Waals surface area contributed by atoms with Crippen LogP contribution < -0.4 is 0 Å². The number of carbonyl (C=O) groups excluding carboxylic acids is 1. The fourth-order valence-corrected chi connectivity index (χ4v) is 2.78. The Balaban J connectivity index is 2.20. The highest BCUT2D eigenvalue weighted by Gasteiger charge is 2.32. The molecule has 2 atom stereocenters. The predicted molar refractivity (Wildman–Crippen MR) is 79.8 cm³/mol. The molecule has 0 spiro atoms. The van der Waals surface area contributed by atoms with Crippen LogP contribution in [0.2, 0.25) is 0 Å². The first kappa shape index (κ1) is 14.9. The lowest BCUT2D eigenvalue weighted by atomic mass is 9.89. The van der Waals surface area contributed by atoms with Crippen LogP contribution in [0.4, 0.5) is 0 Å². The Morgan fingerprint density at radius 1 is 1.45 bits per heavy atom. The van der Waals surface area contributed by atoms with Crippen molar-refractivity contribution in [3.8, 4) is 0 Å². The summed E-state index contributed by atoms with van der Waals surface area (Å²) in [6.45, 7) is 2.79. The number of fused-ring (bicyclic) bond motifs is 1. The monoisotopic (exact) mass is 293 g/mol. The molecule has 0 aromatic heterocycles. The molecule has 0 radical (unpaired) electrons. The van der Waals surface area contributed by atoms with Crippen molar-refractivity contribution in [3.63, 3.8) is 0 Å². The Labute approximate surface area is 123 Å². The van der Waals surface area contributed by atoms with Gasteiger partial charge in [0.2, 0.25) is 5.91 Å². The molecule has 2 unspecified atom stereocenters. The van der Waals surface area contributed by atoms with Crippen molar-refractivity contribution in [2.75, 3.05) is 12.8 Å². The van der Waals surface area contributed by atoms with Crippen LogP contribution in [-0.4, -0.2) is 39.9 Å². The highest BCUT2D eigenvalue weighted by atomic mass is 32.2. The lowest BCUT2D eigenvalue weighted by Gasteiger charge is -2.33. The van der Waals surface area contributed by atoms with Crippen molar-refractivity contribution in [3.05, 3.63) is 35.4 Å². The van der Waals surface area contributed by atoms with E-state index in [1.165, 1.54) is 0 Å². The second-order valence-electron chi connectivity index (χ2n) is 5.11. The van der Waals surface area contributed by atoms with Crippen molar-refractivity contribution in [1.29, 1.82) is 0 Å². The van der Waals surface area contributed by atoms with Crippen LogP contribution >= 0.6 is 11.8 Å². The molecule has 1 aliphatic heterocycles. The number of hydrogen-bond acceptors (Lipinski definition) is 3. The van der Waals surface area contributed by atoms with Gasteiger partial charge < -0.3 is 10.0 Å². The van der Waals surface area contributed by atoms with E-state index in [-0.39, 0.29) is 17.7 Å². The number of nitrogens with zero attached hydrogens (tertiary/aromatic N) is 1. The number of hydrogen-bond donors (Lipinski definition) is 1. The van der Waals surface area contributed by atoms with Gasteiger partial charge in [-0.1, -0.05) is 31.2 Å². The molecule has 1 N–H and O–H groups in total. The minimum Gasteiger partial charge on any atom is -0.481 e. The third-order valence-electron chi connectivity index (χ3n) is 3.71. The molecule has 1 aliphatic rings. The Hall–Kier alpha value is -1.49. The highest BCUT2D eigenvalue weighted by Crippen LogP contribution is 2.29. The van der Waals surface area contributed by atoms with E-state index in [2.05, 4.69) is 0 Å². The first-order valence-electron chi connectivity index (χ1n) is 6.64. The summed E-state index contributed by atoms with van der Waals surface area (Å²) in [4.78, 5) is 25.4. The average molecular weight is 293 g/mol. The largest absolute Gasteiger partial charge is 0.481 e. The maximum Gasteiger partial charge on any atom is 0.312 e. The molecule has 0 aliphatic carbocycles. The van der Waals surface area contributed by atoms with Gasteiger partial charge in [0.15, 0.2) is 0 Å². The molecule has 2 rings (SSSR count). The smallest absolute Gasteiger partial charge is 0.312 e. The molecular formula is C15H19NO3S. The summed E-state index contributed by atoms with van der Waals surface area (Å²) in [5, 5.41) is 9.62. The number of thioether (sulfide) groups is 1. The van der Waals surface area contributed by atoms with Gasteiger partial charge in [-0.3, -0.25) is 9.59 Å². The Kier molecular flexibility index (Phi) is 4.70. The Bertz CT molecular complexity index is 518. The lowest BCUT2D eigenvalue weighted by Crippen LogP contribution is -2.41. The fraction of sp³-hybridized carbons (Fsp3) is 0.467. The van der Waals surface area contributed by atoms with E-state index in [0.29, 0.717) is 13.0 Å². The minimum atomic E-state index is -0.868. The number of carboxylic acid groups (broad SMARTS) is 1. The highest BCUT2D eigenvalue weighted by molar-refractivity contribution is 7.99. The summed E-state index contributed by atoms with van der Waals surface area (Å²) < 4.78 is 0. The topological polar surface area (TPSA) is 57.6 Å². The van der Waals surface area contributed by atoms with Crippen molar-refractivity contribution in [2.45, 2.75) is 31.1 Å². The van der Waals surface area contributed by atoms with Gasteiger partial charge in [-0.2, -0.15) is 11.8 Å². The summed E-state index contributed by atoms with van der Waals surface area (Å²) in [6, 6.07) is 7.49. The van der Waals surface area contributed by atoms with Gasteiger partial charge in [0, 0.05) is 24.8 Å². The SMILES string of the molecule is CSC(C)CC(=O)N1Cc2ccccc2C(C(=O)O)C1. The van der Waals surface area contributed by atoms with Crippen molar-refractivity contribution in [1.82, 2.24) is 4.90 Å². The van der Waals surface area contributed by atoms with Crippen LogP contribution in [0.3, 0.4) is 0 Å². The molecule has 0 saturated carbocycles. The Morgan fingerprint density at radius 3 is 2.80 bits per heavy atom. The molecule has 5 heteroatoms. The molecule has 4 nitrogen and oxygen atoms in total.